The molecule has 0 aromatic rings. The van der Waals surface area contributed by atoms with Gasteiger partial charge in [-0.15, -0.1) is 0 Å². The first-order chi connectivity index (χ1) is 6.53. The lowest BCUT2D eigenvalue weighted by atomic mass is 9.87. The van der Waals surface area contributed by atoms with Crippen molar-refractivity contribution >= 4 is 15.9 Å². The van der Waals surface area contributed by atoms with E-state index >= 15 is 0 Å². The van der Waals surface area contributed by atoms with Gasteiger partial charge >= 0.3 is 0 Å². The van der Waals surface area contributed by atoms with E-state index in [-0.39, 0.29) is 11.5 Å². The molecule has 3 heteroatoms. The number of rotatable bonds is 3. The third-order valence-corrected chi connectivity index (χ3v) is 3.39. The summed E-state index contributed by atoms with van der Waals surface area (Å²) in [5, 5.41) is 10.8. The number of hydrogen-bond acceptors (Lipinski definition) is 2. The Balaban J connectivity index is 2.45. The predicted molar refractivity (Wildman–Crippen MR) is 63.9 cm³/mol. The zero-order chi connectivity index (χ0) is 10.6. The van der Waals surface area contributed by atoms with Crippen molar-refractivity contribution in [1.82, 2.24) is 4.90 Å². The van der Waals surface area contributed by atoms with E-state index in [1.807, 2.05) is 0 Å². The Bertz CT molecular complexity index is 173. The van der Waals surface area contributed by atoms with Gasteiger partial charge in [-0.1, -0.05) is 29.8 Å². The molecule has 1 fully saturated rings. The Hall–Kier alpha value is 0.400. The summed E-state index contributed by atoms with van der Waals surface area (Å²) in [6.07, 6.45) is 2.98. The molecule has 1 aliphatic rings. The Kier molecular flexibility index (Phi) is 4.88. The fraction of sp³-hybridized carbons (Fsp3) is 1.00. The molecule has 1 heterocycles. The lowest BCUT2D eigenvalue weighted by molar-refractivity contribution is 0.121. The monoisotopic (exact) mass is 263 g/mol. The van der Waals surface area contributed by atoms with Crippen molar-refractivity contribution in [3.05, 3.63) is 0 Å². The average molecular weight is 264 g/mol. The lowest BCUT2D eigenvalue weighted by Crippen LogP contribution is -2.33. The van der Waals surface area contributed by atoms with Gasteiger partial charge in [0.05, 0.1) is 6.10 Å². The van der Waals surface area contributed by atoms with Crippen molar-refractivity contribution < 1.29 is 5.11 Å². The summed E-state index contributed by atoms with van der Waals surface area (Å²) in [6, 6.07) is 0. The van der Waals surface area contributed by atoms with Crippen LogP contribution in [0.5, 0.6) is 0 Å². The van der Waals surface area contributed by atoms with Crippen molar-refractivity contribution in [3.8, 4) is 0 Å². The van der Waals surface area contributed by atoms with Crippen LogP contribution in [0.4, 0.5) is 0 Å². The summed E-state index contributed by atoms with van der Waals surface area (Å²) in [5.74, 6) is 0. The first-order valence-electron chi connectivity index (χ1n) is 5.50. The summed E-state index contributed by atoms with van der Waals surface area (Å²) in [7, 11) is 0. The number of halogens is 1. The molecule has 0 amide bonds. The maximum atomic E-state index is 9.73. The van der Waals surface area contributed by atoms with E-state index in [0.717, 1.165) is 37.8 Å². The van der Waals surface area contributed by atoms with Gasteiger partial charge in [-0.25, -0.2) is 0 Å². The standard InChI is InChI=1S/C11H22BrNO/c1-11(2)8-10(14)4-7-13(9-11)6-3-5-12/h10,14H,3-9H2,1-2H3. The highest BCUT2D eigenvalue weighted by Crippen LogP contribution is 2.28. The van der Waals surface area contributed by atoms with Gasteiger partial charge in [-0.3, -0.25) is 0 Å². The second-order valence-electron chi connectivity index (χ2n) is 5.13. The molecular formula is C11H22BrNO. The predicted octanol–water partition coefficient (Wildman–Crippen LogP) is 2.25. The number of aliphatic hydroxyl groups is 1. The number of aliphatic hydroxyl groups excluding tert-OH is 1. The maximum Gasteiger partial charge on any atom is 0.0558 e. The minimum absolute atomic E-state index is 0.0982. The summed E-state index contributed by atoms with van der Waals surface area (Å²) >= 11 is 3.46. The van der Waals surface area contributed by atoms with Crippen LogP contribution in [0.3, 0.4) is 0 Å². The molecule has 1 atom stereocenters. The normalized spacial score (nSPS) is 28.7. The molecule has 14 heavy (non-hydrogen) atoms. The molecule has 1 rings (SSSR count). The fourth-order valence-corrected chi connectivity index (χ4v) is 2.55. The number of hydrogen-bond donors (Lipinski definition) is 1. The van der Waals surface area contributed by atoms with Crippen molar-refractivity contribution in [3.63, 3.8) is 0 Å². The third-order valence-electron chi connectivity index (χ3n) is 2.83. The van der Waals surface area contributed by atoms with Gasteiger partial charge in [-0.2, -0.15) is 0 Å². The number of nitrogens with zero attached hydrogens (tertiary/aromatic N) is 1. The molecule has 0 spiro atoms. The van der Waals surface area contributed by atoms with E-state index in [9.17, 15) is 5.11 Å². The van der Waals surface area contributed by atoms with Crippen LogP contribution in [-0.2, 0) is 0 Å². The van der Waals surface area contributed by atoms with Gasteiger partial charge < -0.3 is 10.0 Å². The smallest absolute Gasteiger partial charge is 0.0558 e. The second-order valence-corrected chi connectivity index (χ2v) is 5.92. The fourth-order valence-electron chi connectivity index (χ4n) is 2.29. The van der Waals surface area contributed by atoms with Gasteiger partial charge in [0.15, 0.2) is 0 Å². The lowest BCUT2D eigenvalue weighted by Gasteiger charge is -2.29. The van der Waals surface area contributed by atoms with Crippen LogP contribution in [0.1, 0.15) is 33.1 Å². The molecule has 0 aromatic heterocycles. The molecule has 1 aliphatic heterocycles. The topological polar surface area (TPSA) is 23.5 Å². The van der Waals surface area contributed by atoms with Crippen LogP contribution in [0.2, 0.25) is 0 Å². The minimum atomic E-state index is -0.0982. The molecule has 2 nitrogen and oxygen atoms in total. The van der Waals surface area contributed by atoms with Crippen molar-refractivity contribution in [2.45, 2.75) is 39.2 Å². The zero-order valence-electron chi connectivity index (χ0n) is 9.30. The van der Waals surface area contributed by atoms with Crippen LogP contribution in [0, 0.1) is 5.41 Å². The highest BCUT2D eigenvalue weighted by Gasteiger charge is 2.28. The van der Waals surface area contributed by atoms with Crippen LogP contribution < -0.4 is 0 Å². The van der Waals surface area contributed by atoms with Crippen LogP contribution in [-0.4, -0.2) is 41.1 Å². The van der Waals surface area contributed by atoms with E-state index in [4.69, 9.17) is 0 Å². The number of alkyl halides is 1. The molecule has 84 valence electrons. The summed E-state index contributed by atoms with van der Waals surface area (Å²) in [4.78, 5) is 2.48. The zero-order valence-corrected chi connectivity index (χ0v) is 10.9. The highest BCUT2D eigenvalue weighted by atomic mass is 79.9. The summed E-state index contributed by atoms with van der Waals surface area (Å²) in [5.41, 5.74) is 0.266. The molecule has 0 aliphatic carbocycles. The highest BCUT2D eigenvalue weighted by molar-refractivity contribution is 9.09. The van der Waals surface area contributed by atoms with Gasteiger partial charge in [0, 0.05) is 18.4 Å². The van der Waals surface area contributed by atoms with Crippen molar-refractivity contribution in [2.75, 3.05) is 25.0 Å². The van der Waals surface area contributed by atoms with E-state index in [0.29, 0.717) is 0 Å². The molecule has 0 saturated carbocycles. The molecule has 0 radical (unpaired) electrons. The Morgan fingerprint density at radius 1 is 1.50 bits per heavy atom. The summed E-state index contributed by atoms with van der Waals surface area (Å²) in [6.45, 7) is 7.83. The minimum Gasteiger partial charge on any atom is -0.393 e. The average Bonchev–Trinajstić information content (AvgIpc) is 2.20. The van der Waals surface area contributed by atoms with E-state index in [1.165, 1.54) is 6.42 Å². The Labute approximate surface area is 95.8 Å². The first-order valence-corrected chi connectivity index (χ1v) is 6.62. The van der Waals surface area contributed by atoms with Crippen molar-refractivity contribution in [1.29, 1.82) is 0 Å². The van der Waals surface area contributed by atoms with Crippen LogP contribution >= 0.6 is 15.9 Å². The van der Waals surface area contributed by atoms with Gasteiger partial charge in [-0.05, 0) is 31.2 Å². The number of likely N-dealkylation sites (tertiary alicyclic amines) is 1. The van der Waals surface area contributed by atoms with E-state index in [2.05, 4.69) is 34.7 Å². The molecule has 0 bridgehead atoms. The molecule has 1 N–H and O–H groups in total. The third kappa shape index (κ3) is 4.28. The van der Waals surface area contributed by atoms with Crippen LogP contribution in [0.25, 0.3) is 0 Å². The van der Waals surface area contributed by atoms with Gasteiger partial charge in [0.1, 0.15) is 0 Å². The molecule has 1 saturated heterocycles. The molecular weight excluding hydrogens is 242 g/mol. The summed E-state index contributed by atoms with van der Waals surface area (Å²) < 4.78 is 0. The maximum absolute atomic E-state index is 9.73. The van der Waals surface area contributed by atoms with Crippen molar-refractivity contribution in [2.24, 2.45) is 5.41 Å². The van der Waals surface area contributed by atoms with Crippen LogP contribution in [0.15, 0.2) is 0 Å². The SMILES string of the molecule is CC1(C)CC(O)CCN(CCCBr)C1. The quantitative estimate of drug-likeness (QED) is 0.790. The van der Waals surface area contributed by atoms with Gasteiger partial charge in [0.2, 0.25) is 0 Å². The largest absolute Gasteiger partial charge is 0.393 e. The Morgan fingerprint density at radius 3 is 2.86 bits per heavy atom. The van der Waals surface area contributed by atoms with Gasteiger partial charge in [0.25, 0.3) is 0 Å². The Morgan fingerprint density at radius 2 is 2.21 bits per heavy atom. The first kappa shape index (κ1) is 12.5. The molecule has 1 unspecified atom stereocenters. The van der Waals surface area contributed by atoms with E-state index < -0.39 is 0 Å². The second kappa shape index (κ2) is 5.47. The van der Waals surface area contributed by atoms with E-state index in [1.54, 1.807) is 0 Å². The molecule has 0 aromatic carbocycles.